The van der Waals surface area contributed by atoms with E-state index in [0.29, 0.717) is 6.42 Å². The van der Waals surface area contributed by atoms with E-state index in [1.54, 1.807) is 0 Å². The van der Waals surface area contributed by atoms with Crippen molar-refractivity contribution in [3.63, 3.8) is 0 Å². The Labute approximate surface area is 234 Å². The van der Waals surface area contributed by atoms with Gasteiger partial charge < -0.3 is 10.4 Å². The lowest BCUT2D eigenvalue weighted by atomic mass is 10.1. The molecule has 0 aliphatic carbocycles. The second-order valence-corrected chi connectivity index (χ2v) is 11.9. The van der Waals surface area contributed by atoms with Gasteiger partial charge in [0.15, 0.2) is 0 Å². The number of hydrogen-bond acceptors (Lipinski definition) is 4. The van der Waals surface area contributed by atoms with E-state index >= 15 is 0 Å². The number of aliphatic hydroxyl groups is 1. The molecule has 0 heterocycles. The molecule has 0 aliphatic rings. The van der Waals surface area contributed by atoms with Crippen molar-refractivity contribution >= 4 is 16.0 Å². The van der Waals surface area contributed by atoms with Crippen LogP contribution in [0.5, 0.6) is 0 Å². The fourth-order valence-electron chi connectivity index (χ4n) is 4.25. The molecule has 38 heavy (non-hydrogen) atoms. The molecule has 6 nitrogen and oxygen atoms in total. The van der Waals surface area contributed by atoms with E-state index in [2.05, 4.69) is 43.5 Å². The molecule has 0 saturated carbocycles. The maximum absolute atomic E-state index is 12.4. The maximum atomic E-state index is 12.4. The quantitative estimate of drug-likeness (QED) is 0.0573. The van der Waals surface area contributed by atoms with Gasteiger partial charge in [0.1, 0.15) is 0 Å². The fraction of sp³-hybridized carbons (Fsp3) is 0.774. The van der Waals surface area contributed by atoms with Crippen molar-refractivity contribution in [3.05, 3.63) is 36.5 Å². The molecule has 3 N–H and O–H groups in total. The summed E-state index contributed by atoms with van der Waals surface area (Å²) in [6.07, 6.45) is 31.2. The number of unbranched alkanes of at least 4 members (excludes halogenated alkanes) is 14. The predicted octanol–water partition coefficient (Wildman–Crippen LogP) is 7.84. The number of amides is 1. The number of carbonyl (C=O) groups excluding carboxylic acids is 1. The molecule has 0 aromatic carbocycles. The third-order valence-electron chi connectivity index (χ3n) is 6.54. The Kier molecular flexibility index (Phi) is 24.8. The highest BCUT2D eigenvalue weighted by molar-refractivity contribution is 7.85. The summed E-state index contributed by atoms with van der Waals surface area (Å²) < 4.78 is 32.1. The van der Waals surface area contributed by atoms with Crippen LogP contribution >= 0.6 is 0 Å². The Balaban J connectivity index is 4.14. The summed E-state index contributed by atoms with van der Waals surface area (Å²) in [6, 6.07) is -1.06. The third-order valence-corrected chi connectivity index (χ3v) is 7.32. The summed E-state index contributed by atoms with van der Waals surface area (Å²) in [5.74, 6) is -1.00. The van der Waals surface area contributed by atoms with E-state index in [1.807, 2.05) is 6.08 Å². The maximum Gasteiger partial charge on any atom is 0.267 e. The number of carbonyl (C=O) groups is 1. The van der Waals surface area contributed by atoms with Crippen molar-refractivity contribution in [2.24, 2.45) is 0 Å². The summed E-state index contributed by atoms with van der Waals surface area (Å²) in [6.45, 7) is 4.39. The van der Waals surface area contributed by atoms with Crippen molar-refractivity contribution in [1.29, 1.82) is 0 Å². The van der Waals surface area contributed by atoms with Crippen LogP contribution in [0.2, 0.25) is 0 Å². The highest BCUT2D eigenvalue weighted by Gasteiger charge is 2.24. The average Bonchev–Trinajstić information content (AvgIpc) is 2.86. The summed E-state index contributed by atoms with van der Waals surface area (Å²) in [4.78, 5) is 12.4. The molecule has 0 radical (unpaired) electrons. The number of rotatable bonds is 26. The Morgan fingerprint density at radius 3 is 1.82 bits per heavy atom. The van der Waals surface area contributed by atoms with Crippen LogP contribution in [-0.2, 0) is 14.9 Å². The molecule has 2 unspecified atom stereocenters. The topological polar surface area (TPSA) is 104 Å². The Bertz CT molecular complexity index is 745. The zero-order valence-corrected chi connectivity index (χ0v) is 25.1. The number of nitrogens with one attached hydrogen (secondary N) is 1. The molecule has 0 aliphatic heterocycles. The van der Waals surface area contributed by atoms with Gasteiger partial charge in [0.25, 0.3) is 10.1 Å². The van der Waals surface area contributed by atoms with Gasteiger partial charge in [-0.1, -0.05) is 121 Å². The second kappa shape index (κ2) is 25.8. The zero-order chi connectivity index (χ0) is 28.3. The molecule has 0 spiro atoms. The number of aliphatic hydroxyl groups excluding tert-OH is 1. The van der Waals surface area contributed by atoms with Crippen LogP contribution in [0.25, 0.3) is 0 Å². The van der Waals surface area contributed by atoms with Gasteiger partial charge in [-0.2, -0.15) is 8.42 Å². The molecule has 222 valence electrons. The van der Waals surface area contributed by atoms with Gasteiger partial charge in [-0.25, -0.2) is 0 Å². The van der Waals surface area contributed by atoms with Crippen LogP contribution in [0, 0.1) is 0 Å². The largest absolute Gasteiger partial charge is 0.387 e. The van der Waals surface area contributed by atoms with E-state index in [-0.39, 0.29) is 12.3 Å². The first-order valence-electron chi connectivity index (χ1n) is 15.2. The highest BCUT2D eigenvalue weighted by Crippen LogP contribution is 2.11. The fourth-order valence-corrected chi connectivity index (χ4v) is 4.98. The summed E-state index contributed by atoms with van der Waals surface area (Å²) in [7, 11) is -4.33. The molecule has 0 bridgehead atoms. The molecule has 0 aromatic rings. The first-order valence-corrected chi connectivity index (χ1v) is 16.8. The zero-order valence-electron chi connectivity index (χ0n) is 24.3. The Morgan fingerprint density at radius 2 is 1.24 bits per heavy atom. The average molecular weight is 556 g/mol. The van der Waals surface area contributed by atoms with E-state index in [0.717, 1.165) is 64.2 Å². The molecular formula is C31H57NO5S. The third kappa shape index (κ3) is 26.2. The van der Waals surface area contributed by atoms with Gasteiger partial charge >= 0.3 is 0 Å². The lowest BCUT2D eigenvalue weighted by Gasteiger charge is -2.21. The first kappa shape index (κ1) is 36.6. The molecular weight excluding hydrogens is 498 g/mol. The minimum atomic E-state index is -4.33. The first-order chi connectivity index (χ1) is 18.3. The Morgan fingerprint density at radius 1 is 0.711 bits per heavy atom. The van der Waals surface area contributed by atoms with E-state index < -0.39 is 28.0 Å². The smallest absolute Gasteiger partial charge is 0.267 e. The standard InChI is InChI=1S/C31H57NO5S/c1-3-5-7-9-11-13-15-16-17-19-21-23-25-27-31(34)32-29(28-38(35,36)37)30(33)26-24-22-20-18-14-12-10-8-6-4-2/h7,9,13,15,24,26,29-30,33H,3-6,8,10-12,14,16-23,25,27-28H2,1-2H3,(H,32,34)(H,35,36,37)/b9-7-,15-13-,26-24+. The lowest BCUT2D eigenvalue weighted by Crippen LogP contribution is -2.46. The number of hydrogen-bond donors (Lipinski definition) is 3. The van der Waals surface area contributed by atoms with Crippen LogP contribution in [0.15, 0.2) is 36.5 Å². The molecule has 0 saturated heterocycles. The molecule has 0 aromatic heterocycles. The van der Waals surface area contributed by atoms with Crippen LogP contribution in [-0.4, -0.2) is 41.9 Å². The van der Waals surface area contributed by atoms with Gasteiger partial charge in [0.2, 0.25) is 5.91 Å². The monoisotopic (exact) mass is 555 g/mol. The minimum absolute atomic E-state index is 0.278. The number of allylic oxidation sites excluding steroid dienone is 5. The summed E-state index contributed by atoms with van der Waals surface area (Å²) >= 11 is 0. The van der Waals surface area contributed by atoms with Crippen molar-refractivity contribution in [1.82, 2.24) is 5.32 Å². The van der Waals surface area contributed by atoms with E-state index in [1.165, 1.54) is 51.0 Å². The van der Waals surface area contributed by atoms with Gasteiger partial charge in [0, 0.05) is 6.42 Å². The Hall–Kier alpha value is -1.44. The highest BCUT2D eigenvalue weighted by atomic mass is 32.2. The van der Waals surface area contributed by atoms with Crippen molar-refractivity contribution in [3.8, 4) is 0 Å². The second-order valence-electron chi connectivity index (χ2n) is 10.4. The van der Waals surface area contributed by atoms with Crippen LogP contribution in [0.1, 0.15) is 136 Å². The molecule has 0 rings (SSSR count). The molecule has 2 atom stereocenters. The molecule has 7 heteroatoms. The molecule has 0 fully saturated rings. The van der Waals surface area contributed by atoms with E-state index in [9.17, 15) is 22.9 Å². The lowest BCUT2D eigenvalue weighted by molar-refractivity contribution is -0.122. The normalized spacial score (nSPS) is 14.1. The molecule has 1 amide bonds. The van der Waals surface area contributed by atoms with Gasteiger partial charge in [0.05, 0.1) is 17.9 Å². The van der Waals surface area contributed by atoms with Crippen molar-refractivity contribution < 1.29 is 22.9 Å². The SMILES string of the molecule is CCC/C=C\C/C=C\CCCCCCCC(=O)NC(CS(=O)(=O)O)C(O)/C=C/CCCCCCCCCC. The van der Waals surface area contributed by atoms with Gasteiger partial charge in [-0.3, -0.25) is 9.35 Å². The van der Waals surface area contributed by atoms with Crippen LogP contribution in [0.3, 0.4) is 0 Å². The van der Waals surface area contributed by atoms with Crippen LogP contribution < -0.4 is 5.32 Å². The van der Waals surface area contributed by atoms with Crippen LogP contribution in [0.4, 0.5) is 0 Å². The summed E-state index contributed by atoms with van der Waals surface area (Å²) in [5.41, 5.74) is 0. The minimum Gasteiger partial charge on any atom is -0.387 e. The van der Waals surface area contributed by atoms with Gasteiger partial charge in [-0.15, -0.1) is 0 Å². The van der Waals surface area contributed by atoms with Crippen molar-refractivity contribution in [2.45, 2.75) is 148 Å². The van der Waals surface area contributed by atoms with Crippen molar-refractivity contribution in [2.75, 3.05) is 5.75 Å². The van der Waals surface area contributed by atoms with Gasteiger partial charge in [-0.05, 0) is 44.9 Å². The van der Waals surface area contributed by atoms with E-state index in [4.69, 9.17) is 0 Å². The predicted molar refractivity (Wildman–Crippen MR) is 161 cm³/mol. The summed E-state index contributed by atoms with van der Waals surface area (Å²) in [5, 5.41) is 13.1.